The molecule has 4 heterocycles. The fourth-order valence-corrected chi connectivity index (χ4v) is 7.36. The monoisotopic (exact) mass is 677 g/mol. The second-order valence-electron chi connectivity index (χ2n) is 12.5. The molecular weight excluding hydrogens is 641 g/mol. The molecule has 0 unspecified atom stereocenters. The van der Waals surface area contributed by atoms with Crippen molar-refractivity contribution in [2.75, 3.05) is 26.2 Å². The van der Waals surface area contributed by atoms with Gasteiger partial charge in [0.2, 0.25) is 10.0 Å². The molecule has 2 N–H and O–H groups in total. The van der Waals surface area contributed by atoms with E-state index in [2.05, 4.69) is 29.9 Å². The summed E-state index contributed by atoms with van der Waals surface area (Å²) in [6, 6.07) is 14.7. The number of halogens is 2. The number of rotatable bonds is 12. The molecular formula is C34H37ClFN7O3S. The minimum Gasteiger partial charge on any atom is -0.352 e. The fourth-order valence-electron chi connectivity index (χ4n) is 6.11. The third-order valence-corrected chi connectivity index (χ3v) is 10.3. The Bertz CT molecular complexity index is 1980. The van der Waals surface area contributed by atoms with Crippen LogP contribution >= 0.6 is 11.6 Å². The van der Waals surface area contributed by atoms with Gasteiger partial charge in [0.15, 0.2) is 5.78 Å². The molecule has 0 spiro atoms. The number of ketones is 1. The first-order valence-corrected chi connectivity index (χ1v) is 17.6. The Labute approximate surface area is 278 Å². The Morgan fingerprint density at radius 1 is 1.13 bits per heavy atom. The van der Waals surface area contributed by atoms with E-state index in [0.717, 1.165) is 37.1 Å². The van der Waals surface area contributed by atoms with Gasteiger partial charge in [-0.25, -0.2) is 22.5 Å². The lowest BCUT2D eigenvalue weighted by molar-refractivity contribution is 0.0964. The van der Waals surface area contributed by atoms with Crippen molar-refractivity contribution in [3.05, 3.63) is 83.7 Å². The van der Waals surface area contributed by atoms with Gasteiger partial charge in [0.05, 0.1) is 16.8 Å². The van der Waals surface area contributed by atoms with Crippen LogP contribution in [0.1, 0.15) is 43.6 Å². The van der Waals surface area contributed by atoms with E-state index in [-0.39, 0.29) is 22.4 Å². The molecule has 1 fully saturated rings. The Balaban J connectivity index is 1.02. The number of nitrogens with one attached hydrogen (secondary N) is 2. The van der Waals surface area contributed by atoms with Crippen LogP contribution in [0, 0.1) is 17.7 Å². The Morgan fingerprint density at radius 2 is 1.89 bits per heavy atom. The summed E-state index contributed by atoms with van der Waals surface area (Å²) >= 11 is 6.17. The highest BCUT2D eigenvalue weighted by Gasteiger charge is 2.24. The van der Waals surface area contributed by atoms with Crippen LogP contribution in [0.4, 0.5) is 4.39 Å². The highest BCUT2D eigenvalue weighted by atomic mass is 35.5. The number of likely N-dealkylation sites (tertiary alicyclic amines) is 1. The number of carbonyl (C=O) groups is 1. The van der Waals surface area contributed by atoms with Gasteiger partial charge in [-0.2, -0.15) is 0 Å². The maximum Gasteiger partial charge on any atom is 0.240 e. The van der Waals surface area contributed by atoms with E-state index in [1.807, 2.05) is 26.1 Å². The number of Topliss-reactive ketones (excluding diaryl/α,β-unsaturated/α-hetero) is 1. The molecule has 1 aliphatic heterocycles. The van der Waals surface area contributed by atoms with Gasteiger partial charge >= 0.3 is 0 Å². The van der Waals surface area contributed by atoms with Crippen LogP contribution in [0.5, 0.6) is 0 Å². The Kier molecular flexibility index (Phi) is 9.83. The molecule has 3 aromatic heterocycles. The Hall–Kier alpha value is -3.97. The van der Waals surface area contributed by atoms with Crippen molar-refractivity contribution in [2.24, 2.45) is 11.8 Å². The highest BCUT2D eigenvalue weighted by molar-refractivity contribution is 7.89. The van der Waals surface area contributed by atoms with Crippen molar-refractivity contribution < 1.29 is 17.6 Å². The molecule has 1 saturated heterocycles. The van der Waals surface area contributed by atoms with Crippen LogP contribution in [0.3, 0.4) is 0 Å². The van der Waals surface area contributed by atoms with Gasteiger partial charge in [0.1, 0.15) is 16.7 Å². The SMILES string of the molecule is CC(C)CC(=O)c1[nH]c2ccc(F)cc2c1-c1cn(CC2CCN(CCNS(=O)(=O)c3ccc(-c4cccnc4Cl)cc3)CC2)nn1. The molecule has 47 heavy (non-hydrogen) atoms. The molecule has 0 radical (unpaired) electrons. The zero-order chi connectivity index (χ0) is 33.1. The zero-order valence-electron chi connectivity index (χ0n) is 26.3. The summed E-state index contributed by atoms with van der Waals surface area (Å²) in [7, 11) is -3.66. The predicted octanol–water partition coefficient (Wildman–Crippen LogP) is 6.20. The number of fused-ring (bicyclic) bond motifs is 1. The molecule has 0 saturated carbocycles. The van der Waals surface area contributed by atoms with Crippen molar-refractivity contribution >= 4 is 38.3 Å². The third-order valence-electron chi connectivity index (χ3n) is 8.54. The number of hydrogen-bond acceptors (Lipinski definition) is 7. The molecule has 10 nitrogen and oxygen atoms in total. The number of aromatic nitrogens is 5. The van der Waals surface area contributed by atoms with E-state index in [9.17, 15) is 17.6 Å². The summed E-state index contributed by atoms with van der Waals surface area (Å²) < 4.78 is 44.5. The molecule has 6 rings (SSSR count). The standard InChI is InChI=1S/C34H37ClFN7O3S/c1-22(2)18-31(44)33-32(28-19-25(36)7-10-29(28)39-33)30-21-43(41-40-30)20-23-11-15-42(16-12-23)17-14-38-47(45,46)26-8-5-24(6-9-26)27-4-3-13-37-34(27)35/h3-10,13,19,21-23,38-39H,11-12,14-18,20H2,1-2H3. The van der Waals surface area contributed by atoms with Gasteiger partial charge in [0.25, 0.3) is 0 Å². The van der Waals surface area contributed by atoms with Crippen molar-refractivity contribution in [3.63, 3.8) is 0 Å². The molecule has 1 aliphatic rings. The number of H-pyrrole nitrogens is 1. The van der Waals surface area contributed by atoms with Gasteiger partial charge < -0.3 is 9.88 Å². The summed E-state index contributed by atoms with van der Waals surface area (Å²) in [5, 5.41) is 9.72. The normalized spacial score (nSPS) is 14.7. The smallest absolute Gasteiger partial charge is 0.240 e. The summed E-state index contributed by atoms with van der Waals surface area (Å²) in [5.74, 6) is 0.122. The molecule has 0 atom stereocenters. The number of hydrogen-bond donors (Lipinski definition) is 2. The van der Waals surface area contributed by atoms with Crippen LogP contribution in [0.15, 0.2) is 71.9 Å². The highest BCUT2D eigenvalue weighted by Crippen LogP contribution is 2.33. The molecule has 13 heteroatoms. The molecule has 0 amide bonds. The van der Waals surface area contributed by atoms with Gasteiger partial charge in [-0.05, 0) is 85.8 Å². The minimum absolute atomic E-state index is 0.0417. The number of nitrogens with zero attached hydrogens (tertiary/aromatic N) is 5. The van der Waals surface area contributed by atoms with E-state index in [0.29, 0.717) is 65.0 Å². The number of piperidine rings is 1. The minimum atomic E-state index is -3.66. The van der Waals surface area contributed by atoms with E-state index in [1.165, 1.54) is 12.1 Å². The van der Waals surface area contributed by atoms with Gasteiger partial charge in [-0.3, -0.25) is 9.48 Å². The number of carbonyl (C=O) groups excluding carboxylic acids is 1. The third kappa shape index (κ3) is 7.62. The molecule has 2 aromatic carbocycles. The predicted molar refractivity (Wildman–Crippen MR) is 180 cm³/mol. The molecule has 0 aliphatic carbocycles. The van der Waals surface area contributed by atoms with Crippen molar-refractivity contribution in [1.29, 1.82) is 0 Å². The van der Waals surface area contributed by atoms with E-state index >= 15 is 0 Å². The van der Waals surface area contributed by atoms with Gasteiger partial charge in [0, 0.05) is 54.3 Å². The fraction of sp³-hybridized carbons (Fsp3) is 0.353. The number of pyridine rings is 1. The zero-order valence-corrected chi connectivity index (χ0v) is 27.9. The molecule has 0 bridgehead atoms. The van der Waals surface area contributed by atoms with Gasteiger partial charge in [-0.15, -0.1) is 5.10 Å². The van der Waals surface area contributed by atoms with E-state index in [4.69, 9.17) is 11.6 Å². The van der Waals surface area contributed by atoms with Crippen molar-refractivity contribution in [3.8, 4) is 22.4 Å². The van der Waals surface area contributed by atoms with E-state index in [1.54, 1.807) is 47.3 Å². The first kappa shape index (κ1) is 33.0. The summed E-state index contributed by atoms with van der Waals surface area (Å²) in [6.45, 7) is 7.22. The second-order valence-corrected chi connectivity index (χ2v) is 14.6. The van der Waals surface area contributed by atoms with Crippen LogP contribution in [0.25, 0.3) is 33.3 Å². The van der Waals surface area contributed by atoms with Crippen molar-refractivity contribution in [2.45, 2.75) is 44.6 Å². The number of sulfonamides is 1. The van der Waals surface area contributed by atoms with Crippen molar-refractivity contribution in [1.82, 2.24) is 34.6 Å². The quantitative estimate of drug-likeness (QED) is 0.119. The number of aromatic amines is 1. The second kappa shape index (κ2) is 14.0. The Morgan fingerprint density at radius 3 is 2.62 bits per heavy atom. The summed E-state index contributed by atoms with van der Waals surface area (Å²) in [4.78, 5) is 22.8. The summed E-state index contributed by atoms with van der Waals surface area (Å²) in [5.41, 5.74) is 3.77. The van der Waals surface area contributed by atoms with Crippen LogP contribution in [-0.4, -0.2) is 70.2 Å². The lowest BCUT2D eigenvalue weighted by atomic mass is 9.97. The lowest BCUT2D eigenvalue weighted by Gasteiger charge is -2.31. The topological polar surface area (TPSA) is 126 Å². The molecule has 246 valence electrons. The molecule has 5 aromatic rings. The van der Waals surface area contributed by atoms with Crippen LogP contribution in [0.2, 0.25) is 5.15 Å². The van der Waals surface area contributed by atoms with Gasteiger partial charge in [-0.1, -0.05) is 42.8 Å². The van der Waals surface area contributed by atoms with E-state index < -0.39 is 10.0 Å². The average molecular weight is 678 g/mol. The average Bonchev–Trinajstić information content (AvgIpc) is 3.66. The maximum atomic E-state index is 14.2. The van der Waals surface area contributed by atoms with Crippen LogP contribution < -0.4 is 4.72 Å². The summed E-state index contributed by atoms with van der Waals surface area (Å²) in [6.07, 6.45) is 5.66. The first-order chi connectivity index (χ1) is 22.6. The number of benzene rings is 2. The van der Waals surface area contributed by atoms with Crippen LogP contribution in [-0.2, 0) is 16.6 Å². The largest absolute Gasteiger partial charge is 0.352 e. The first-order valence-electron chi connectivity index (χ1n) is 15.8. The maximum absolute atomic E-state index is 14.2. The lowest BCUT2D eigenvalue weighted by Crippen LogP contribution is -2.40.